The molecule has 2 fully saturated rings. The summed E-state index contributed by atoms with van der Waals surface area (Å²) in [6, 6.07) is 10.1. The average Bonchev–Trinajstić information content (AvgIpc) is 3.21. The van der Waals surface area contributed by atoms with E-state index in [2.05, 4.69) is 0 Å². The summed E-state index contributed by atoms with van der Waals surface area (Å²) < 4.78 is 32.4. The second-order valence-corrected chi connectivity index (χ2v) is 9.59. The summed E-state index contributed by atoms with van der Waals surface area (Å²) in [6.07, 6.45) is -6.98. The van der Waals surface area contributed by atoms with Crippen LogP contribution >= 0.6 is 0 Å². The van der Waals surface area contributed by atoms with E-state index in [1.54, 1.807) is 24.3 Å². The van der Waals surface area contributed by atoms with E-state index in [1.807, 2.05) is 6.07 Å². The Kier molecular flexibility index (Phi) is 8.84. The van der Waals surface area contributed by atoms with E-state index in [-0.39, 0.29) is 24.5 Å². The van der Waals surface area contributed by atoms with Crippen molar-refractivity contribution in [3.8, 4) is 23.0 Å². The topological polar surface area (TPSA) is 174 Å². The summed E-state index contributed by atoms with van der Waals surface area (Å²) >= 11 is 0. The van der Waals surface area contributed by atoms with E-state index in [0.29, 0.717) is 23.5 Å². The van der Waals surface area contributed by atoms with Gasteiger partial charge < -0.3 is 54.0 Å². The highest BCUT2D eigenvalue weighted by molar-refractivity contribution is 5.82. The molecule has 0 aliphatic carbocycles. The molecule has 2 heterocycles. The van der Waals surface area contributed by atoms with Gasteiger partial charge in [0.05, 0.1) is 34.5 Å². The number of carbonyl (C=O) groups excluding carboxylic acids is 1. The first kappa shape index (κ1) is 28.9. The van der Waals surface area contributed by atoms with Crippen LogP contribution in [-0.2, 0) is 27.1 Å². The number of esters is 1. The summed E-state index contributed by atoms with van der Waals surface area (Å²) in [5, 5.41) is 51.2. The number of methoxy groups -OCH3 is 3. The molecular weight excluding hydrogens is 516 g/mol. The Morgan fingerprint density at radius 2 is 1.49 bits per heavy atom. The Morgan fingerprint density at radius 3 is 2.15 bits per heavy atom. The molecule has 214 valence electrons. The Morgan fingerprint density at radius 1 is 0.872 bits per heavy atom. The lowest BCUT2D eigenvalue weighted by molar-refractivity contribution is -0.277. The van der Waals surface area contributed by atoms with Gasteiger partial charge in [-0.05, 0) is 41.8 Å². The molecule has 7 atom stereocenters. The van der Waals surface area contributed by atoms with Crippen molar-refractivity contribution in [1.29, 1.82) is 0 Å². The van der Waals surface area contributed by atoms with Crippen molar-refractivity contribution in [3.05, 3.63) is 47.5 Å². The minimum atomic E-state index is -1.81. The minimum Gasteiger partial charge on any atom is -0.493 e. The van der Waals surface area contributed by atoms with Crippen molar-refractivity contribution < 1.29 is 58.7 Å². The van der Waals surface area contributed by atoms with Crippen LogP contribution in [0.2, 0.25) is 0 Å². The molecule has 0 bridgehead atoms. The maximum Gasteiger partial charge on any atom is 0.338 e. The monoisotopic (exact) mass is 550 g/mol. The van der Waals surface area contributed by atoms with E-state index in [0.717, 1.165) is 5.56 Å². The van der Waals surface area contributed by atoms with E-state index < -0.39 is 54.8 Å². The summed E-state index contributed by atoms with van der Waals surface area (Å²) in [7, 11) is 4.45. The van der Waals surface area contributed by atoms with Gasteiger partial charge in [-0.1, -0.05) is 12.1 Å². The van der Waals surface area contributed by atoms with Gasteiger partial charge in [0.1, 0.15) is 24.4 Å². The molecule has 0 amide bonds. The first-order chi connectivity index (χ1) is 18.6. The van der Waals surface area contributed by atoms with Crippen molar-refractivity contribution in [1.82, 2.24) is 0 Å². The fourth-order valence-corrected chi connectivity index (χ4v) is 4.86. The molecule has 12 heteroatoms. The fraction of sp³-hybridized carbons (Fsp3) is 0.519. The molecule has 39 heavy (non-hydrogen) atoms. The van der Waals surface area contributed by atoms with Crippen LogP contribution in [-0.4, -0.2) is 102 Å². The molecule has 4 rings (SSSR count). The zero-order chi connectivity index (χ0) is 28.3. The summed E-state index contributed by atoms with van der Waals surface area (Å²) in [5.74, 6) is 0.161. The smallest absolute Gasteiger partial charge is 0.338 e. The number of hydrogen-bond donors (Lipinski definition) is 5. The van der Waals surface area contributed by atoms with Crippen molar-refractivity contribution in [2.24, 2.45) is 5.92 Å². The van der Waals surface area contributed by atoms with Gasteiger partial charge in [0.15, 0.2) is 28.6 Å². The number of carbonyl (C=O) groups is 1. The van der Waals surface area contributed by atoms with Gasteiger partial charge in [-0.15, -0.1) is 0 Å². The van der Waals surface area contributed by atoms with Gasteiger partial charge in [0.25, 0.3) is 0 Å². The largest absolute Gasteiger partial charge is 0.493 e. The molecule has 0 unspecified atom stereocenters. The first-order valence-electron chi connectivity index (χ1n) is 12.4. The fourth-order valence-electron chi connectivity index (χ4n) is 4.86. The molecule has 2 saturated heterocycles. The third kappa shape index (κ3) is 5.76. The molecule has 12 nitrogen and oxygen atoms in total. The molecule has 2 aliphatic rings. The summed E-state index contributed by atoms with van der Waals surface area (Å²) in [4.78, 5) is 12.7. The molecular formula is C27H34O12. The molecule has 2 aromatic rings. The Hall–Kier alpha value is -3.13. The van der Waals surface area contributed by atoms with Crippen LogP contribution in [0.15, 0.2) is 36.4 Å². The van der Waals surface area contributed by atoms with Crippen LogP contribution in [0.1, 0.15) is 11.1 Å². The van der Waals surface area contributed by atoms with E-state index in [9.17, 15) is 30.3 Å². The second-order valence-electron chi connectivity index (χ2n) is 9.59. The standard InChI is InChI=1S/C27H34O12/c1-34-17-6-4-14(9-19(17)35-2)8-16-13-37-26(32)27(16,33)11-15-5-7-18(20(10-15)36-3)38-25-24(31)23(30)22(29)21(12-28)39-25/h4-7,9-10,16,21-25,28-31,33H,8,11-13H2,1-3H3/t16-,21-,22-,23+,24-,25+,27+/m1/s1. The second kappa shape index (κ2) is 11.9. The number of aliphatic hydroxyl groups is 5. The van der Waals surface area contributed by atoms with Crippen molar-refractivity contribution in [2.45, 2.75) is 49.1 Å². The lowest BCUT2D eigenvalue weighted by Crippen LogP contribution is -2.60. The Bertz CT molecular complexity index is 1150. The highest BCUT2D eigenvalue weighted by atomic mass is 16.7. The number of benzene rings is 2. The van der Waals surface area contributed by atoms with Gasteiger partial charge in [-0.2, -0.15) is 0 Å². The Balaban J connectivity index is 1.52. The van der Waals surface area contributed by atoms with Gasteiger partial charge in [-0.25, -0.2) is 4.79 Å². The molecule has 0 saturated carbocycles. The molecule has 5 N–H and O–H groups in total. The van der Waals surface area contributed by atoms with Crippen molar-refractivity contribution in [3.63, 3.8) is 0 Å². The highest BCUT2D eigenvalue weighted by Gasteiger charge is 2.51. The van der Waals surface area contributed by atoms with Crippen LogP contribution in [0.5, 0.6) is 23.0 Å². The van der Waals surface area contributed by atoms with E-state index in [1.165, 1.54) is 27.4 Å². The number of ether oxygens (including phenoxy) is 6. The zero-order valence-corrected chi connectivity index (χ0v) is 21.9. The van der Waals surface area contributed by atoms with Crippen LogP contribution in [0, 0.1) is 5.92 Å². The molecule has 0 radical (unpaired) electrons. The number of aliphatic hydroxyl groups excluding tert-OH is 4. The van der Waals surface area contributed by atoms with Crippen LogP contribution in [0.4, 0.5) is 0 Å². The quantitative estimate of drug-likeness (QED) is 0.242. The predicted octanol–water partition coefficient (Wildman–Crippen LogP) is -0.420. The Labute approximate surface area is 225 Å². The summed E-state index contributed by atoms with van der Waals surface area (Å²) in [6.45, 7) is -0.556. The van der Waals surface area contributed by atoms with E-state index in [4.69, 9.17) is 28.4 Å². The van der Waals surface area contributed by atoms with Gasteiger partial charge in [0.2, 0.25) is 6.29 Å². The SMILES string of the molecule is COc1ccc(C[C@@H]2COC(=O)[C@]2(O)Cc2ccc(O[C@H]3O[C@H](CO)[C@@H](O)[C@H](O)[C@H]3O)c(OC)c2)cc1OC. The van der Waals surface area contributed by atoms with Crippen LogP contribution < -0.4 is 18.9 Å². The lowest BCUT2D eigenvalue weighted by atomic mass is 9.81. The van der Waals surface area contributed by atoms with Gasteiger partial charge in [-0.3, -0.25) is 0 Å². The average molecular weight is 551 g/mol. The number of rotatable bonds is 10. The minimum absolute atomic E-state index is 0.0408. The van der Waals surface area contributed by atoms with E-state index >= 15 is 0 Å². The van der Waals surface area contributed by atoms with Gasteiger partial charge in [0, 0.05) is 12.3 Å². The third-order valence-corrected chi connectivity index (χ3v) is 7.17. The van der Waals surface area contributed by atoms with Crippen LogP contribution in [0.3, 0.4) is 0 Å². The predicted molar refractivity (Wildman–Crippen MR) is 134 cm³/mol. The normalized spacial score (nSPS) is 30.5. The van der Waals surface area contributed by atoms with Gasteiger partial charge >= 0.3 is 5.97 Å². The highest BCUT2D eigenvalue weighted by Crippen LogP contribution is 2.38. The maximum absolute atomic E-state index is 12.7. The molecule has 0 spiro atoms. The molecule has 2 aromatic carbocycles. The van der Waals surface area contributed by atoms with Crippen LogP contribution in [0.25, 0.3) is 0 Å². The van der Waals surface area contributed by atoms with Crippen molar-refractivity contribution in [2.75, 3.05) is 34.5 Å². The number of cyclic esters (lactones) is 1. The summed E-state index contributed by atoms with van der Waals surface area (Å²) in [5.41, 5.74) is -0.431. The number of hydrogen-bond acceptors (Lipinski definition) is 12. The first-order valence-corrected chi connectivity index (χ1v) is 12.4. The zero-order valence-electron chi connectivity index (χ0n) is 21.9. The van der Waals surface area contributed by atoms with Crippen molar-refractivity contribution >= 4 is 5.97 Å². The third-order valence-electron chi connectivity index (χ3n) is 7.17. The molecule has 2 aliphatic heterocycles. The lowest BCUT2D eigenvalue weighted by Gasteiger charge is -2.39. The molecule has 0 aromatic heterocycles. The maximum atomic E-state index is 12.7.